The predicted molar refractivity (Wildman–Crippen MR) is 66.9 cm³/mol. The number of aromatic amines is 1. The number of aromatic nitrogens is 2. The number of anilines is 1. The number of hydrogen-bond acceptors (Lipinski definition) is 2. The van der Waals surface area contributed by atoms with Gasteiger partial charge in [-0.25, -0.2) is 4.98 Å². The monoisotopic (exact) mass is 215 g/mol. The van der Waals surface area contributed by atoms with Gasteiger partial charge < -0.3 is 9.88 Å². The highest BCUT2D eigenvalue weighted by Crippen LogP contribution is 2.32. The number of nitrogens with one attached hydrogen (secondary N) is 1. The van der Waals surface area contributed by atoms with Crippen molar-refractivity contribution >= 4 is 16.7 Å². The molecule has 0 bridgehead atoms. The van der Waals surface area contributed by atoms with Gasteiger partial charge in [-0.1, -0.05) is 0 Å². The van der Waals surface area contributed by atoms with Gasteiger partial charge in [0.25, 0.3) is 0 Å². The van der Waals surface area contributed by atoms with E-state index in [1.165, 1.54) is 22.9 Å². The minimum Gasteiger partial charge on any atom is -0.361 e. The molecule has 0 atom stereocenters. The molecule has 2 aromatic heterocycles. The van der Waals surface area contributed by atoms with Gasteiger partial charge in [-0.2, -0.15) is 0 Å². The third-order valence-electron chi connectivity index (χ3n) is 3.39. The van der Waals surface area contributed by atoms with Crippen LogP contribution in [0.4, 0.5) is 5.82 Å². The van der Waals surface area contributed by atoms with Crippen molar-refractivity contribution in [3.05, 3.63) is 24.0 Å². The lowest BCUT2D eigenvalue weighted by atomic mass is 10.1. The number of aryl methyl sites for hydroxylation is 1. The highest BCUT2D eigenvalue weighted by atomic mass is 15.2. The molecule has 0 radical (unpaired) electrons. The van der Waals surface area contributed by atoms with Crippen molar-refractivity contribution in [3.8, 4) is 0 Å². The highest BCUT2D eigenvalue weighted by Gasteiger charge is 2.20. The van der Waals surface area contributed by atoms with Crippen molar-refractivity contribution < 1.29 is 0 Å². The fourth-order valence-electron chi connectivity index (χ4n) is 2.59. The van der Waals surface area contributed by atoms with E-state index >= 15 is 0 Å². The van der Waals surface area contributed by atoms with E-state index in [1.807, 2.05) is 6.20 Å². The zero-order valence-corrected chi connectivity index (χ0v) is 9.83. The van der Waals surface area contributed by atoms with Crippen molar-refractivity contribution in [3.63, 3.8) is 0 Å². The summed E-state index contributed by atoms with van der Waals surface area (Å²) in [5, 5.41) is 1.33. The Hall–Kier alpha value is -1.51. The first kappa shape index (κ1) is 9.70. The van der Waals surface area contributed by atoms with Gasteiger partial charge >= 0.3 is 0 Å². The van der Waals surface area contributed by atoms with Crippen LogP contribution in [0, 0.1) is 0 Å². The SMILES string of the molecule is CC(C)N1CCCc2c[nH]c3ccnc1c23. The summed E-state index contributed by atoms with van der Waals surface area (Å²) in [7, 11) is 0. The summed E-state index contributed by atoms with van der Waals surface area (Å²) in [6.07, 6.45) is 6.40. The largest absolute Gasteiger partial charge is 0.361 e. The molecule has 1 N–H and O–H groups in total. The number of nitrogens with zero attached hydrogens (tertiary/aromatic N) is 2. The quantitative estimate of drug-likeness (QED) is 0.793. The zero-order valence-electron chi connectivity index (χ0n) is 9.83. The van der Waals surface area contributed by atoms with Gasteiger partial charge in [0.15, 0.2) is 0 Å². The van der Waals surface area contributed by atoms with E-state index in [4.69, 9.17) is 0 Å². The fraction of sp³-hybridized carbons (Fsp3) is 0.462. The second-order valence-corrected chi connectivity index (χ2v) is 4.76. The van der Waals surface area contributed by atoms with E-state index < -0.39 is 0 Å². The van der Waals surface area contributed by atoms with Crippen LogP contribution in [0.1, 0.15) is 25.8 Å². The third kappa shape index (κ3) is 1.31. The second-order valence-electron chi connectivity index (χ2n) is 4.76. The molecule has 0 fully saturated rings. The summed E-state index contributed by atoms with van der Waals surface area (Å²) in [6, 6.07) is 2.57. The lowest BCUT2D eigenvalue weighted by Gasteiger charge is -2.27. The number of H-pyrrole nitrogens is 1. The minimum atomic E-state index is 0.513. The molecule has 0 aliphatic carbocycles. The molecule has 1 aliphatic heterocycles. The Morgan fingerprint density at radius 1 is 1.44 bits per heavy atom. The molecular formula is C13H17N3. The Bertz CT molecular complexity index is 513. The first-order valence-corrected chi connectivity index (χ1v) is 5.99. The maximum Gasteiger partial charge on any atom is 0.138 e. The molecule has 2 aromatic rings. The minimum absolute atomic E-state index is 0.513. The van der Waals surface area contributed by atoms with E-state index in [0.29, 0.717) is 6.04 Å². The normalized spacial score (nSPS) is 15.8. The molecule has 0 spiro atoms. The average Bonchev–Trinajstić information content (AvgIpc) is 2.56. The number of pyridine rings is 1. The van der Waals surface area contributed by atoms with Crippen LogP contribution in [0.15, 0.2) is 18.5 Å². The van der Waals surface area contributed by atoms with Gasteiger partial charge in [0, 0.05) is 30.4 Å². The number of rotatable bonds is 1. The molecule has 3 heterocycles. The van der Waals surface area contributed by atoms with Crippen LogP contribution in [0.25, 0.3) is 10.9 Å². The van der Waals surface area contributed by atoms with Crippen LogP contribution in [0.5, 0.6) is 0 Å². The van der Waals surface area contributed by atoms with Gasteiger partial charge in [-0.3, -0.25) is 0 Å². The lowest BCUT2D eigenvalue weighted by Crippen LogP contribution is -2.32. The first-order chi connectivity index (χ1) is 7.77. The predicted octanol–water partition coefficient (Wildman–Crippen LogP) is 2.72. The Morgan fingerprint density at radius 2 is 2.31 bits per heavy atom. The average molecular weight is 215 g/mol. The van der Waals surface area contributed by atoms with Gasteiger partial charge in [0.1, 0.15) is 5.82 Å². The van der Waals surface area contributed by atoms with E-state index in [9.17, 15) is 0 Å². The Kier molecular flexibility index (Phi) is 2.13. The van der Waals surface area contributed by atoms with Crippen LogP contribution < -0.4 is 4.90 Å². The van der Waals surface area contributed by atoms with Crippen LogP contribution in [-0.4, -0.2) is 22.6 Å². The summed E-state index contributed by atoms with van der Waals surface area (Å²) >= 11 is 0. The van der Waals surface area contributed by atoms with E-state index in [1.54, 1.807) is 0 Å². The van der Waals surface area contributed by atoms with Gasteiger partial charge in [0.2, 0.25) is 0 Å². The molecule has 1 aliphatic rings. The maximum atomic E-state index is 4.58. The van der Waals surface area contributed by atoms with Gasteiger partial charge in [-0.15, -0.1) is 0 Å². The Balaban J connectivity index is 2.27. The Labute approximate surface area is 95.5 Å². The third-order valence-corrected chi connectivity index (χ3v) is 3.39. The molecule has 0 aromatic carbocycles. The molecule has 3 nitrogen and oxygen atoms in total. The van der Waals surface area contributed by atoms with Crippen molar-refractivity contribution in [2.45, 2.75) is 32.7 Å². The smallest absolute Gasteiger partial charge is 0.138 e. The molecule has 0 saturated carbocycles. The van der Waals surface area contributed by atoms with Crippen molar-refractivity contribution in [2.75, 3.05) is 11.4 Å². The van der Waals surface area contributed by atoms with Crippen LogP contribution in [0.2, 0.25) is 0 Å². The zero-order chi connectivity index (χ0) is 11.1. The van der Waals surface area contributed by atoms with Crippen LogP contribution in [0.3, 0.4) is 0 Å². The summed E-state index contributed by atoms with van der Waals surface area (Å²) < 4.78 is 0. The van der Waals surface area contributed by atoms with E-state index in [-0.39, 0.29) is 0 Å². The summed E-state index contributed by atoms with van der Waals surface area (Å²) in [6.45, 7) is 5.58. The Morgan fingerprint density at radius 3 is 3.12 bits per heavy atom. The van der Waals surface area contributed by atoms with E-state index in [0.717, 1.165) is 18.8 Å². The standard InChI is InChI=1S/C13H17N3/c1-9(2)16-7-3-4-10-8-15-11-5-6-14-13(16)12(10)11/h5-6,8-9,15H,3-4,7H2,1-2H3. The fourth-order valence-corrected chi connectivity index (χ4v) is 2.59. The topological polar surface area (TPSA) is 31.9 Å². The molecule has 84 valence electrons. The second kappa shape index (κ2) is 3.51. The molecule has 0 amide bonds. The molecule has 16 heavy (non-hydrogen) atoms. The summed E-state index contributed by atoms with van der Waals surface area (Å²) in [5.41, 5.74) is 2.63. The lowest BCUT2D eigenvalue weighted by molar-refractivity contribution is 0.654. The molecule has 3 rings (SSSR count). The molecule has 3 heteroatoms. The van der Waals surface area contributed by atoms with Gasteiger partial charge in [0.05, 0.1) is 5.52 Å². The summed E-state index contributed by atoms with van der Waals surface area (Å²) in [4.78, 5) is 10.3. The molecule has 0 unspecified atom stereocenters. The van der Waals surface area contributed by atoms with Gasteiger partial charge in [-0.05, 0) is 38.3 Å². The van der Waals surface area contributed by atoms with Crippen molar-refractivity contribution in [1.82, 2.24) is 9.97 Å². The molecular weight excluding hydrogens is 198 g/mol. The molecule has 0 saturated heterocycles. The number of hydrogen-bond donors (Lipinski definition) is 1. The van der Waals surface area contributed by atoms with Crippen LogP contribution in [-0.2, 0) is 6.42 Å². The van der Waals surface area contributed by atoms with E-state index in [2.05, 4.69) is 41.0 Å². The van der Waals surface area contributed by atoms with Crippen molar-refractivity contribution in [2.24, 2.45) is 0 Å². The van der Waals surface area contributed by atoms with Crippen LogP contribution >= 0.6 is 0 Å². The van der Waals surface area contributed by atoms with Crippen molar-refractivity contribution in [1.29, 1.82) is 0 Å². The maximum absolute atomic E-state index is 4.58. The summed E-state index contributed by atoms with van der Waals surface area (Å²) in [5.74, 6) is 1.15. The first-order valence-electron chi connectivity index (χ1n) is 5.99. The highest BCUT2D eigenvalue weighted by molar-refractivity contribution is 5.93.